The lowest BCUT2D eigenvalue weighted by Crippen LogP contribution is -2.07. The molecular weight excluding hydrogens is 272 g/mol. The van der Waals surface area contributed by atoms with Crippen LogP contribution in [0.25, 0.3) is 11.3 Å². The quantitative estimate of drug-likeness (QED) is 0.599. The van der Waals surface area contributed by atoms with Crippen molar-refractivity contribution in [1.82, 2.24) is 9.55 Å². The molecule has 20 heavy (non-hydrogen) atoms. The third kappa shape index (κ3) is 4.03. The van der Waals surface area contributed by atoms with Crippen LogP contribution in [0.15, 0.2) is 36.5 Å². The number of rotatable bonds is 8. The molecular formula is C15H20N2O2S. The van der Waals surface area contributed by atoms with Crippen molar-refractivity contribution >= 4 is 12.2 Å². The first-order valence-electron chi connectivity index (χ1n) is 6.73. The third-order valence-corrected chi connectivity index (χ3v) is 3.38. The number of benzene rings is 1. The van der Waals surface area contributed by atoms with Crippen LogP contribution < -0.4 is 0 Å². The second kappa shape index (κ2) is 7.99. The van der Waals surface area contributed by atoms with Crippen LogP contribution in [-0.4, -0.2) is 36.5 Å². The second-order valence-electron chi connectivity index (χ2n) is 4.46. The number of methoxy groups -OCH3 is 1. The monoisotopic (exact) mass is 292 g/mol. The largest absolute Gasteiger partial charge is 0.382 e. The minimum atomic E-state index is 0.638. The maximum Gasteiger partial charge on any atom is 0.177 e. The van der Waals surface area contributed by atoms with E-state index in [9.17, 15) is 0 Å². The summed E-state index contributed by atoms with van der Waals surface area (Å²) in [6, 6.07) is 10.2. The molecule has 5 heteroatoms. The van der Waals surface area contributed by atoms with Crippen LogP contribution in [0.1, 0.15) is 6.42 Å². The number of ether oxygens (including phenoxy) is 2. The van der Waals surface area contributed by atoms with E-state index in [1.54, 1.807) is 7.11 Å². The van der Waals surface area contributed by atoms with Gasteiger partial charge in [0.2, 0.25) is 0 Å². The van der Waals surface area contributed by atoms with Gasteiger partial charge in [0, 0.05) is 26.5 Å². The lowest BCUT2D eigenvalue weighted by molar-refractivity contribution is 0.0680. The van der Waals surface area contributed by atoms with Crippen LogP contribution >= 0.6 is 12.2 Å². The number of H-pyrrole nitrogens is 1. The van der Waals surface area contributed by atoms with Gasteiger partial charge in [-0.05, 0) is 24.2 Å². The molecule has 0 aliphatic rings. The van der Waals surface area contributed by atoms with E-state index in [0.29, 0.717) is 19.8 Å². The zero-order chi connectivity index (χ0) is 14.2. The van der Waals surface area contributed by atoms with Gasteiger partial charge in [-0.25, -0.2) is 0 Å². The van der Waals surface area contributed by atoms with Crippen LogP contribution in [0.5, 0.6) is 0 Å². The molecule has 0 fully saturated rings. The Bertz CT molecular complexity index is 563. The second-order valence-corrected chi connectivity index (χ2v) is 4.84. The number of nitrogens with zero attached hydrogens (tertiary/aromatic N) is 1. The SMILES string of the molecule is COCCOCCCn1c(-c2ccccc2)c[nH]c1=S. The maximum absolute atomic E-state index is 5.48. The fourth-order valence-electron chi connectivity index (χ4n) is 2.03. The molecule has 0 saturated carbocycles. The molecule has 0 aliphatic heterocycles. The van der Waals surface area contributed by atoms with Crippen LogP contribution in [0.2, 0.25) is 0 Å². The highest BCUT2D eigenvalue weighted by molar-refractivity contribution is 7.71. The first-order chi connectivity index (χ1) is 9.83. The number of imidazole rings is 1. The van der Waals surface area contributed by atoms with Crippen molar-refractivity contribution in [3.05, 3.63) is 41.3 Å². The number of aromatic amines is 1. The summed E-state index contributed by atoms with van der Waals surface area (Å²) >= 11 is 5.34. The van der Waals surface area contributed by atoms with Gasteiger partial charge in [0.25, 0.3) is 0 Å². The van der Waals surface area contributed by atoms with Crippen molar-refractivity contribution < 1.29 is 9.47 Å². The molecule has 1 N–H and O–H groups in total. The molecule has 0 radical (unpaired) electrons. The lowest BCUT2D eigenvalue weighted by atomic mass is 10.2. The molecule has 1 aromatic carbocycles. The number of nitrogens with one attached hydrogen (secondary N) is 1. The first kappa shape index (κ1) is 15.0. The molecule has 2 aromatic rings. The van der Waals surface area contributed by atoms with Crippen LogP contribution in [0.3, 0.4) is 0 Å². The molecule has 1 aromatic heterocycles. The van der Waals surface area contributed by atoms with Gasteiger partial charge < -0.3 is 19.0 Å². The highest BCUT2D eigenvalue weighted by atomic mass is 32.1. The summed E-state index contributed by atoms with van der Waals surface area (Å²) in [5.41, 5.74) is 2.28. The van der Waals surface area contributed by atoms with E-state index in [1.165, 1.54) is 5.56 Å². The Labute approximate surface area is 124 Å². The molecule has 1 heterocycles. The summed E-state index contributed by atoms with van der Waals surface area (Å²) in [4.78, 5) is 3.11. The van der Waals surface area contributed by atoms with Crippen molar-refractivity contribution in [2.75, 3.05) is 26.9 Å². The summed E-state index contributed by atoms with van der Waals surface area (Å²) in [7, 11) is 1.68. The minimum absolute atomic E-state index is 0.638. The van der Waals surface area contributed by atoms with E-state index in [-0.39, 0.29) is 0 Å². The summed E-state index contributed by atoms with van der Waals surface area (Å²) in [6.45, 7) is 2.84. The smallest absolute Gasteiger partial charge is 0.177 e. The fourth-order valence-corrected chi connectivity index (χ4v) is 2.28. The third-order valence-electron chi connectivity index (χ3n) is 3.04. The number of aromatic nitrogens is 2. The molecule has 2 rings (SSSR count). The van der Waals surface area contributed by atoms with E-state index in [2.05, 4.69) is 21.7 Å². The first-order valence-corrected chi connectivity index (χ1v) is 7.14. The Morgan fingerprint density at radius 2 is 1.95 bits per heavy atom. The van der Waals surface area contributed by atoms with Gasteiger partial charge >= 0.3 is 0 Å². The molecule has 0 amide bonds. The van der Waals surface area contributed by atoms with Crippen molar-refractivity contribution in [2.24, 2.45) is 0 Å². The summed E-state index contributed by atoms with van der Waals surface area (Å²) in [5.74, 6) is 0. The topological polar surface area (TPSA) is 39.2 Å². The van der Waals surface area contributed by atoms with Gasteiger partial charge in [-0.3, -0.25) is 0 Å². The molecule has 0 bridgehead atoms. The zero-order valence-corrected chi connectivity index (χ0v) is 12.5. The predicted octanol–water partition coefficient (Wildman–Crippen LogP) is 3.27. The molecule has 0 saturated heterocycles. The van der Waals surface area contributed by atoms with Crippen molar-refractivity contribution in [1.29, 1.82) is 0 Å². The van der Waals surface area contributed by atoms with E-state index < -0.39 is 0 Å². The van der Waals surface area contributed by atoms with Gasteiger partial charge in [-0.2, -0.15) is 0 Å². The normalized spacial score (nSPS) is 10.8. The van der Waals surface area contributed by atoms with Crippen molar-refractivity contribution in [3.63, 3.8) is 0 Å². The number of hydrogen-bond donors (Lipinski definition) is 1. The van der Waals surface area contributed by atoms with Crippen LogP contribution in [0.4, 0.5) is 0 Å². The standard InChI is InChI=1S/C15H20N2O2S/c1-18-10-11-19-9-5-8-17-14(12-16-15(17)20)13-6-3-2-4-7-13/h2-4,6-7,12H,5,8-11H2,1H3,(H,16,20). The number of hydrogen-bond acceptors (Lipinski definition) is 3. The summed E-state index contributed by atoms with van der Waals surface area (Å²) < 4.78 is 13.3. The molecule has 0 atom stereocenters. The predicted molar refractivity (Wildman–Crippen MR) is 82.4 cm³/mol. The van der Waals surface area contributed by atoms with Crippen LogP contribution in [0, 0.1) is 4.77 Å². The highest BCUT2D eigenvalue weighted by Crippen LogP contribution is 2.19. The Hall–Kier alpha value is -1.43. The Morgan fingerprint density at radius 3 is 2.70 bits per heavy atom. The average Bonchev–Trinajstić information content (AvgIpc) is 2.85. The molecule has 4 nitrogen and oxygen atoms in total. The highest BCUT2D eigenvalue weighted by Gasteiger charge is 2.05. The Kier molecular flexibility index (Phi) is 5.98. The van der Waals surface area contributed by atoms with E-state index >= 15 is 0 Å². The molecule has 0 aliphatic carbocycles. The zero-order valence-electron chi connectivity index (χ0n) is 11.7. The average molecular weight is 292 g/mol. The molecule has 0 unspecified atom stereocenters. The van der Waals surface area contributed by atoms with Gasteiger partial charge in [-0.15, -0.1) is 0 Å². The van der Waals surface area contributed by atoms with Crippen molar-refractivity contribution in [2.45, 2.75) is 13.0 Å². The van der Waals surface area contributed by atoms with Crippen LogP contribution in [-0.2, 0) is 16.0 Å². The fraction of sp³-hybridized carbons (Fsp3) is 0.400. The Balaban J connectivity index is 1.95. The summed E-state index contributed by atoms with van der Waals surface area (Å²) in [5, 5.41) is 0. The van der Waals surface area contributed by atoms with Gasteiger partial charge in [0.1, 0.15) is 0 Å². The van der Waals surface area contributed by atoms with Crippen molar-refractivity contribution in [3.8, 4) is 11.3 Å². The lowest BCUT2D eigenvalue weighted by Gasteiger charge is -2.09. The van der Waals surface area contributed by atoms with Gasteiger partial charge in [0.15, 0.2) is 4.77 Å². The van der Waals surface area contributed by atoms with E-state index in [1.807, 2.05) is 24.4 Å². The maximum atomic E-state index is 5.48. The molecule has 0 spiro atoms. The van der Waals surface area contributed by atoms with E-state index in [4.69, 9.17) is 21.7 Å². The van der Waals surface area contributed by atoms with Gasteiger partial charge in [-0.1, -0.05) is 30.3 Å². The molecule has 108 valence electrons. The minimum Gasteiger partial charge on any atom is -0.382 e. The Morgan fingerprint density at radius 1 is 1.15 bits per heavy atom. The summed E-state index contributed by atoms with van der Waals surface area (Å²) in [6.07, 6.45) is 2.89. The van der Waals surface area contributed by atoms with E-state index in [0.717, 1.165) is 23.4 Å². The van der Waals surface area contributed by atoms with Gasteiger partial charge in [0.05, 0.1) is 18.9 Å².